The van der Waals surface area contributed by atoms with E-state index in [1.54, 1.807) is 12.1 Å². The number of benzene rings is 3. The second kappa shape index (κ2) is 8.57. The molecule has 5 nitrogen and oxygen atoms in total. The van der Waals surface area contributed by atoms with Gasteiger partial charge in [-0.15, -0.1) is 0 Å². The number of hydrogen-bond acceptors (Lipinski definition) is 4. The molecule has 8 heteroatoms. The molecule has 0 saturated heterocycles. The summed E-state index contributed by atoms with van der Waals surface area (Å²) >= 11 is 10.4. The highest BCUT2D eigenvalue weighted by Crippen LogP contribution is 2.37. The molecule has 2 heterocycles. The quantitative estimate of drug-likeness (QED) is 0.323. The van der Waals surface area contributed by atoms with Gasteiger partial charge in [-0.05, 0) is 53.6 Å². The Kier molecular flexibility index (Phi) is 5.77. The van der Waals surface area contributed by atoms with E-state index in [-0.39, 0.29) is 12.7 Å². The summed E-state index contributed by atoms with van der Waals surface area (Å²) in [6.07, 6.45) is 0.701. The molecule has 3 aromatic rings. The van der Waals surface area contributed by atoms with Gasteiger partial charge in [-0.2, -0.15) is 5.10 Å². The van der Waals surface area contributed by atoms with E-state index < -0.39 is 11.7 Å². The van der Waals surface area contributed by atoms with Crippen molar-refractivity contribution in [3.8, 4) is 0 Å². The molecule has 1 atom stereocenters. The van der Waals surface area contributed by atoms with Crippen LogP contribution in [-0.2, 0) is 4.79 Å². The predicted molar refractivity (Wildman–Crippen MR) is 135 cm³/mol. The minimum atomic E-state index is -0.528. The molecule has 0 bridgehead atoms. The molecule has 0 aliphatic carbocycles. The van der Waals surface area contributed by atoms with E-state index in [1.807, 2.05) is 47.5 Å². The predicted octanol–water partition coefficient (Wildman–Crippen LogP) is 6.31. The van der Waals surface area contributed by atoms with E-state index in [1.165, 1.54) is 4.90 Å². The number of amides is 1. The zero-order valence-electron chi connectivity index (χ0n) is 16.6. The molecule has 160 valence electrons. The summed E-state index contributed by atoms with van der Waals surface area (Å²) in [6.45, 7) is 0.194. The SMILES string of the molecule is O=C1C(=O)N(CN2N=C(c3ccc(Br)cc3)C[C@H]2c2ccc(Br)cc2)c2ccc(Br)cc21. The third-order valence-corrected chi connectivity index (χ3v) is 7.20. The molecule has 0 unspecified atom stereocenters. The smallest absolute Gasteiger partial charge is 0.285 e. The van der Waals surface area contributed by atoms with Gasteiger partial charge in [0.15, 0.2) is 0 Å². The number of rotatable bonds is 4. The Morgan fingerprint density at radius 3 is 2.16 bits per heavy atom. The maximum absolute atomic E-state index is 12.8. The van der Waals surface area contributed by atoms with Gasteiger partial charge in [-0.3, -0.25) is 19.5 Å². The van der Waals surface area contributed by atoms with Gasteiger partial charge >= 0.3 is 5.91 Å². The fourth-order valence-corrected chi connectivity index (χ4v) is 4.92. The standard InChI is InChI=1S/C24H16Br3N3O2/c25-16-5-1-14(2-6-16)20-12-22(15-3-7-17(26)8-4-15)30(28-20)13-29-21-10-9-18(27)11-19(21)23(31)24(29)32/h1-11,22H,12-13H2/t22-/m0/s1. The van der Waals surface area contributed by atoms with Crippen LogP contribution in [0, 0.1) is 0 Å². The van der Waals surface area contributed by atoms with Crippen LogP contribution in [0.5, 0.6) is 0 Å². The van der Waals surface area contributed by atoms with Crippen molar-refractivity contribution in [1.82, 2.24) is 5.01 Å². The van der Waals surface area contributed by atoms with Crippen LogP contribution in [0.3, 0.4) is 0 Å². The summed E-state index contributed by atoms with van der Waals surface area (Å²) in [6, 6.07) is 21.4. The molecule has 5 rings (SSSR count). The average molecular weight is 618 g/mol. The van der Waals surface area contributed by atoms with E-state index in [9.17, 15) is 9.59 Å². The lowest BCUT2D eigenvalue weighted by Crippen LogP contribution is -2.39. The first-order valence-corrected chi connectivity index (χ1v) is 12.3. The van der Waals surface area contributed by atoms with E-state index >= 15 is 0 Å². The number of hydrogen-bond donors (Lipinski definition) is 0. The van der Waals surface area contributed by atoms with Crippen molar-refractivity contribution in [2.24, 2.45) is 5.10 Å². The lowest BCUT2D eigenvalue weighted by atomic mass is 9.99. The zero-order chi connectivity index (χ0) is 22.4. The summed E-state index contributed by atoms with van der Waals surface area (Å²) in [5, 5.41) is 6.80. The van der Waals surface area contributed by atoms with Crippen LogP contribution >= 0.6 is 47.8 Å². The van der Waals surface area contributed by atoms with Crippen molar-refractivity contribution >= 4 is 70.9 Å². The highest BCUT2D eigenvalue weighted by atomic mass is 79.9. The molecular formula is C24H16Br3N3O2. The Morgan fingerprint density at radius 2 is 1.47 bits per heavy atom. The Labute approximate surface area is 210 Å². The minimum absolute atomic E-state index is 0.0517. The third kappa shape index (κ3) is 3.95. The second-order valence-corrected chi connectivity index (χ2v) is 10.4. The monoisotopic (exact) mass is 615 g/mol. The van der Waals surface area contributed by atoms with Crippen LogP contribution in [0.15, 0.2) is 85.2 Å². The maximum atomic E-state index is 12.8. The van der Waals surface area contributed by atoms with E-state index in [4.69, 9.17) is 5.10 Å². The largest absolute Gasteiger partial charge is 0.301 e. The molecule has 0 N–H and O–H groups in total. The first-order valence-electron chi connectivity index (χ1n) is 9.92. The average Bonchev–Trinajstić information content (AvgIpc) is 3.30. The molecule has 0 saturated carbocycles. The molecule has 0 radical (unpaired) electrons. The Bertz CT molecular complexity index is 1260. The van der Waals surface area contributed by atoms with Crippen LogP contribution in [0.2, 0.25) is 0 Å². The molecule has 2 aliphatic rings. The van der Waals surface area contributed by atoms with Gasteiger partial charge in [0.1, 0.15) is 6.67 Å². The van der Waals surface area contributed by atoms with Gasteiger partial charge in [-0.25, -0.2) is 0 Å². The summed E-state index contributed by atoms with van der Waals surface area (Å²) in [7, 11) is 0. The molecule has 0 spiro atoms. The molecular weight excluding hydrogens is 602 g/mol. The van der Waals surface area contributed by atoms with Crippen molar-refractivity contribution < 1.29 is 9.59 Å². The normalized spacial score (nSPS) is 17.7. The number of nitrogens with zero attached hydrogens (tertiary/aromatic N) is 3. The Balaban J connectivity index is 1.51. The van der Waals surface area contributed by atoms with Crippen molar-refractivity contribution in [2.45, 2.75) is 12.5 Å². The van der Waals surface area contributed by atoms with Gasteiger partial charge in [0.2, 0.25) is 0 Å². The Morgan fingerprint density at radius 1 is 0.844 bits per heavy atom. The molecule has 1 amide bonds. The number of anilines is 1. The van der Waals surface area contributed by atoms with Gasteiger partial charge < -0.3 is 0 Å². The number of fused-ring (bicyclic) bond motifs is 1. The highest BCUT2D eigenvalue weighted by molar-refractivity contribution is 9.11. The van der Waals surface area contributed by atoms with Crippen LogP contribution in [0.4, 0.5) is 5.69 Å². The van der Waals surface area contributed by atoms with Gasteiger partial charge in [0, 0.05) is 19.8 Å². The number of ketones is 1. The van der Waals surface area contributed by atoms with Crippen molar-refractivity contribution in [2.75, 3.05) is 11.6 Å². The van der Waals surface area contributed by atoms with Crippen LogP contribution in [0.1, 0.15) is 33.9 Å². The van der Waals surface area contributed by atoms with Crippen LogP contribution < -0.4 is 4.90 Å². The van der Waals surface area contributed by atoms with Crippen molar-refractivity contribution in [3.05, 3.63) is 96.8 Å². The topological polar surface area (TPSA) is 53.0 Å². The fraction of sp³-hybridized carbons (Fsp3) is 0.125. The molecule has 2 aliphatic heterocycles. The second-order valence-electron chi connectivity index (χ2n) is 7.63. The maximum Gasteiger partial charge on any atom is 0.301 e. The molecule has 0 aromatic heterocycles. The van der Waals surface area contributed by atoms with Gasteiger partial charge in [-0.1, -0.05) is 72.1 Å². The van der Waals surface area contributed by atoms with Gasteiger partial charge in [0.05, 0.1) is 23.0 Å². The van der Waals surface area contributed by atoms with E-state index in [0.717, 1.165) is 30.3 Å². The van der Waals surface area contributed by atoms with E-state index in [2.05, 4.69) is 59.9 Å². The Hall–Kier alpha value is -2.29. The highest BCUT2D eigenvalue weighted by Gasteiger charge is 2.39. The van der Waals surface area contributed by atoms with E-state index in [0.29, 0.717) is 17.7 Å². The van der Waals surface area contributed by atoms with Gasteiger partial charge in [0.25, 0.3) is 5.78 Å². The summed E-state index contributed by atoms with van der Waals surface area (Å²) < 4.78 is 2.77. The zero-order valence-corrected chi connectivity index (χ0v) is 21.4. The van der Waals surface area contributed by atoms with Crippen molar-refractivity contribution in [1.29, 1.82) is 0 Å². The number of Topliss-reactive ketones (excluding diaryl/α,β-unsaturated/α-hetero) is 1. The number of carbonyl (C=O) groups excluding carboxylic acids is 2. The molecule has 32 heavy (non-hydrogen) atoms. The number of hydrazone groups is 1. The summed E-state index contributed by atoms with van der Waals surface area (Å²) in [4.78, 5) is 26.9. The molecule has 3 aromatic carbocycles. The molecule has 0 fully saturated rings. The first-order chi connectivity index (χ1) is 15.4. The van der Waals surface area contributed by atoms with Crippen molar-refractivity contribution in [3.63, 3.8) is 0 Å². The number of carbonyl (C=O) groups is 2. The summed E-state index contributed by atoms with van der Waals surface area (Å²) in [5.41, 5.74) is 4.11. The lowest BCUT2D eigenvalue weighted by Gasteiger charge is -2.28. The lowest BCUT2D eigenvalue weighted by molar-refractivity contribution is -0.114. The first kappa shape index (κ1) is 21.6. The minimum Gasteiger partial charge on any atom is -0.285 e. The summed E-state index contributed by atoms with van der Waals surface area (Å²) in [5.74, 6) is -1.02. The van der Waals surface area contributed by atoms with Crippen LogP contribution in [0.25, 0.3) is 0 Å². The third-order valence-electron chi connectivity index (χ3n) is 5.65. The fourth-order valence-electron chi connectivity index (χ4n) is 4.03. The van der Waals surface area contributed by atoms with Crippen LogP contribution in [-0.4, -0.2) is 29.1 Å². The number of halogens is 3.